The zero-order valence-electron chi connectivity index (χ0n) is 12.2. The van der Waals surface area contributed by atoms with Gasteiger partial charge in [-0.2, -0.15) is 0 Å². The summed E-state index contributed by atoms with van der Waals surface area (Å²) in [6.07, 6.45) is 5.82. The van der Waals surface area contributed by atoms with Gasteiger partial charge in [-0.15, -0.1) is 0 Å². The fourth-order valence-corrected chi connectivity index (χ4v) is 3.23. The van der Waals surface area contributed by atoms with Gasteiger partial charge in [0.25, 0.3) is 0 Å². The summed E-state index contributed by atoms with van der Waals surface area (Å²) in [6, 6.07) is 1.84. The minimum atomic E-state index is -0.343. The van der Waals surface area contributed by atoms with E-state index < -0.39 is 0 Å². The molecule has 2 aliphatic rings. The van der Waals surface area contributed by atoms with Crippen molar-refractivity contribution in [3.05, 3.63) is 24.3 Å². The van der Waals surface area contributed by atoms with Crippen LogP contribution in [0.25, 0.3) is 0 Å². The van der Waals surface area contributed by atoms with Gasteiger partial charge < -0.3 is 10.2 Å². The van der Waals surface area contributed by atoms with Crippen LogP contribution in [0.15, 0.2) is 18.5 Å². The van der Waals surface area contributed by atoms with Crippen molar-refractivity contribution in [2.24, 2.45) is 5.92 Å². The Morgan fingerprint density at radius 2 is 2.14 bits per heavy atom. The molecule has 0 saturated carbocycles. The molecular weight excluding hydrogens is 268 g/mol. The summed E-state index contributed by atoms with van der Waals surface area (Å²) in [5, 5.41) is 3.04. The van der Waals surface area contributed by atoms with Crippen molar-refractivity contribution in [2.75, 3.05) is 13.1 Å². The lowest BCUT2D eigenvalue weighted by atomic mass is 9.99. The highest BCUT2D eigenvalue weighted by Crippen LogP contribution is 2.27. The maximum atomic E-state index is 12.6. The SMILES string of the molecule is CC(C(=O)N1CC2CCCC(=O)NC2C1)c1ncccn1. The molecule has 0 aromatic carbocycles. The molecule has 2 amide bonds. The van der Waals surface area contributed by atoms with E-state index >= 15 is 0 Å². The van der Waals surface area contributed by atoms with E-state index in [1.165, 1.54) is 0 Å². The zero-order chi connectivity index (χ0) is 14.8. The Labute approximate surface area is 124 Å². The number of likely N-dealkylation sites (tertiary alicyclic amines) is 1. The van der Waals surface area contributed by atoms with Crippen molar-refractivity contribution >= 4 is 11.8 Å². The Morgan fingerprint density at radius 3 is 2.90 bits per heavy atom. The first kappa shape index (κ1) is 14.0. The Bertz CT molecular complexity index is 534. The molecule has 2 aliphatic heterocycles. The number of amides is 2. The number of hydrogen-bond acceptors (Lipinski definition) is 4. The third-order valence-electron chi connectivity index (χ3n) is 4.42. The third kappa shape index (κ3) is 2.89. The van der Waals surface area contributed by atoms with Crippen molar-refractivity contribution in [3.63, 3.8) is 0 Å². The van der Waals surface area contributed by atoms with Crippen molar-refractivity contribution in [2.45, 2.75) is 38.1 Å². The van der Waals surface area contributed by atoms with E-state index in [-0.39, 0.29) is 23.8 Å². The largest absolute Gasteiger partial charge is 0.351 e. The first-order valence-corrected chi connectivity index (χ1v) is 7.50. The van der Waals surface area contributed by atoms with Crippen molar-refractivity contribution < 1.29 is 9.59 Å². The number of nitrogens with zero attached hydrogens (tertiary/aromatic N) is 3. The molecule has 1 aromatic heterocycles. The topological polar surface area (TPSA) is 75.2 Å². The molecule has 3 heterocycles. The average Bonchev–Trinajstić information content (AvgIpc) is 2.81. The van der Waals surface area contributed by atoms with Gasteiger partial charge in [0, 0.05) is 31.9 Å². The quantitative estimate of drug-likeness (QED) is 0.869. The fourth-order valence-electron chi connectivity index (χ4n) is 3.23. The highest BCUT2D eigenvalue weighted by molar-refractivity contribution is 5.83. The molecule has 0 radical (unpaired) electrons. The van der Waals surface area contributed by atoms with Gasteiger partial charge in [0.2, 0.25) is 11.8 Å². The molecule has 2 saturated heterocycles. The molecule has 112 valence electrons. The molecule has 0 bridgehead atoms. The number of aromatic nitrogens is 2. The lowest BCUT2D eigenvalue weighted by Crippen LogP contribution is -2.40. The molecule has 0 aliphatic carbocycles. The van der Waals surface area contributed by atoms with Crippen LogP contribution in [0, 0.1) is 5.92 Å². The van der Waals surface area contributed by atoms with E-state index in [0.717, 1.165) is 19.4 Å². The van der Waals surface area contributed by atoms with Crippen LogP contribution >= 0.6 is 0 Å². The summed E-state index contributed by atoms with van der Waals surface area (Å²) >= 11 is 0. The molecule has 6 nitrogen and oxygen atoms in total. The number of hydrogen-bond donors (Lipinski definition) is 1. The van der Waals surface area contributed by atoms with Crippen molar-refractivity contribution in [1.82, 2.24) is 20.2 Å². The monoisotopic (exact) mass is 288 g/mol. The van der Waals surface area contributed by atoms with Gasteiger partial charge >= 0.3 is 0 Å². The van der Waals surface area contributed by atoms with Gasteiger partial charge in [0.1, 0.15) is 5.82 Å². The molecule has 1 N–H and O–H groups in total. The van der Waals surface area contributed by atoms with Gasteiger partial charge in [-0.1, -0.05) is 0 Å². The van der Waals surface area contributed by atoms with Crippen LogP contribution in [-0.4, -0.2) is 45.8 Å². The van der Waals surface area contributed by atoms with Gasteiger partial charge in [0.15, 0.2) is 0 Å². The van der Waals surface area contributed by atoms with Crippen molar-refractivity contribution in [1.29, 1.82) is 0 Å². The van der Waals surface area contributed by atoms with E-state index in [9.17, 15) is 9.59 Å². The Balaban J connectivity index is 1.68. The molecule has 0 spiro atoms. The van der Waals surface area contributed by atoms with Gasteiger partial charge in [0.05, 0.1) is 12.0 Å². The lowest BCUT2D eigenvalue weighted by Gasteiger charge is -2.20. The normalized spacial score (nSPS) is 26.7. The first-order valence-electron chi connectivity index (χ1n) is 7.50. The number of rotatable bonds is 2. The van der Waals surface area contributed by atoms with E-state index in [0.29, 0.717) is 24.7 Å². The summed E-state index contributed by atoms with van der Waals surface area (Å²) in [5.41, 5.74) is 0. The third-order valence-corrected chi connectivity index (χ3v) is 4.42. The van der Waals surface area contributed by atoms with E-state index in [1.54, 1.807) is 18.5 Å². The summed E-state index contributed by atoms with van der Waals surface area (Å²) in [5.74, 6) is 0.743. The molecule has 1 aromatic rings. The molecule has 3 atom stereocenters. The number of carbonyl (C=O) groups excluding carboxylic acids is 2. The van der Waals surface area contributed by atoms with Crippen LogP contribution in [-0.2, 0) is 9.59 Å². The molecule has 21 heavy (non-hydrogen) atoms. The highest BCUT2D eigenvalue weighted by Gasteiger charge is 2.38. The van der Waals surface area contributed by atoms with Crippen LogP contribution in [0.4, 0.5) is 0 Å². The van der Waals surface area contributed by atoms with Crippen molar-refractivity contribution in [3.8, 4) is 0 Å². The summed E-state index contributed by atoms with van der Waals surface area (Å²) in [7, 11) is 0. The van der Waals surface area contributed by atoms with Gasteiger partial charge in [-0.25, -0.2) is 9.97 Å². The van der Waals surface area contributed by atoms with E-state index in [2.05, 4.69) is 15.3 Å². The summed E-state index contributed by atoms with van der Waals surface area (Å²) in [4.78, 5) is 34.4. The molecule has 3 rings (SSSR count). The second-order valence-corrected chi connectivity index (χ2v) is 5.90. The van der Waals surface area contributed by atoms with Gasteiger partial charge in [-0.05, 0) is 31.7 Å². The molecule has 6 heteroatoms. The Morgan fingerprint density at radius 1 is 1.38 bits per heavy atom. The van der Waals surface area contributed by atoms with Crippen LogP contribution in [0.3, 0.4) is 0 Å². The smallest absolute Gasteiger partial charge is 0.233 e. The van der Waals surface area contributed by atoms with Gasteiger partial charge in [-0.3, -0.25) is 9.59 Å². The number of fused-ring (bicyclic) bond motifs is 1. The van der Waals surface area contributed by atoms with E-state index in [1.807, 2.05) is 11.8 Å². The minimum Gasteiger partial charge on any atom is -0.351 e. The minimum absolute atomic E-state index is 0.0449. The highest BCUT2D eigenvalue weighted by atomic mass is 16.2. The zero-order valence-corrected chi connectivity index (χ0v) is 12.2. The standard InChI is InChI=1S/C15H20N4O2/c1-10(14-16-6-3-7-17-14)15(21)19-8-11-4-2-5-13(20)18-12(11)9-19/h3,6-7,10-12H,2,4-5,8-9H2,1H3,(H,18,20). The average molecular weight is 288 g/mol. The molecule has 2 fully saturated rings. The number of carbonyl (C=O) groups is 2. The lowest BCUT2D eigenvalue weighted by molar-refractivity contribution is -0.132. The van der Waals surface area contributed by atoms with Crippen LogP contribution in [0.2, 0.25) is 0 Å². The fraction of sp³-hybridized carbons (Fsp3) is 0.600. The first-order chi connectivity index (χ1) is 10.1. The Hall–Kier alpha value is -1.98. The summed E-state index contributed by atoms with van der Waals surface area (Å²) in [6.45, 7) is 3.16. The van der Waals surface area contributed by atoms with Crippen LogP contribution < -0.4 is 5.32 Å². The van der Waals surface area contributed by atoms with E-state index in [4.69, 9.17) is 0 Å². The van der Waals surface area contributed by atoms with Crippen LogP contribution in [0.5, 0.6) is 0 Å². The summed E-state index contributed by atoms with van der Waals surface area (Å²) < 4.78 is 0. The van der Waals surface area contributed by atoms with Crippen LogP contribution in [0.1, 0.15) is 37.9 Å². The number of nitrogens with one attached hydrogen (secondary N) is 1. The Kier molecular flexibility index (Phi) is 3.86. The molecule has 3 unspecified atom stereocenters. The molecular formula is C15H20N4O2. The predicted octanol–water partition coefficient (Wildman–Crippen LogP) is 0.707. The predicted molar refractivity (Wildman–Crippen MR) is 76.3 cm³/mol. The second kappa shape index (κ2) is 5.79. The second-order valence-electron chi connectivity index (χ2n) is 5.90. The maximum Gasteiger partial charge on any atom is 0.233 e. The maximum absolute atomic E-state index is 12.6.